The molecule has 136 valence electrons. The Hall–Kier alpha value is -2.02. The summed E-state index contributed by atoms with van der Waals surface area (Å²) in [6.07, 6.45) is 6.35. The second-order valence-electron chi connectivity index (χ2n) is 7.28. The molecule has 8 heteroatoms. The average molecular weight is 367 g/mol. The molecule has 0 saturated heterocycles. The number of aromatic nitrogens is 3. The van der Waals surface area contributed by atoms with Crippen LogP contribution in [0.1, 0.15) is 46.5 Å². The van der Waals surface area contributed by atoms with Crippen molar-refractivity contribution in [3.63, 3.8) is 0 Å². The quantitative estimate of drug-likeness (QED) is 0.898. The van der Waals surface area contributed by atoms with Gasteiger partial charge in [0.2, 0.25) is 5.88 Å². The fourth-order valence-electron chi connectivity index (χ4n) is 2.97. The lowest BCUT2D eigenvalue weighted by Crippen LogP contribution is -2.43. The van der Waals surface area contributed by atoms with Gasteiger partial charge >= 0.3 is 6.09 Å². The molecule has 1 aliphatic rings. The van der Waals surface area contributed by atoms with Crippen molar-refractivity contribution in [2.45, 2.75) is 64.2 Å². The molecule has 1 aliphatic carbocycles. The third-order valence-corrected chi connectivity index (χ3v) is 4.13. The fraction of sp³-hybridized carbons (Fsp3) is 0.588. The predicted molar refractivity (Wildman–Crippen MR) is 94.0 cm³/mol. The minimum absolute atomic E-state index is 0.0220. The second kappa shape index (κ2) is 7.07. The molecular formula is C17H23ClN4O3. The summed E-state index contributed by atoms with van der Waals surface area (Å²) in [5.41, 5.74) is 0.263. The first-order chi connectivity index (χ1) is 11.8. The number of alkyl carbamates (subject to hydrolysis) is 1. The van der Waals surface area contributed by atoms with E-state index in [0.29, 0.717) is 17.5 Å². The lowest BCUT2D eigenvalue weighted by Gasteiger charge is -2.30. The van der Waals surface area contributed by atoms with E-state index in [1.54, 1.807) is 16.9 Å². The molecule has 0 spiro atoms. The normalized spacial score (nSPS) is 21.1. The first-order valence-corrected chi connectivity index (χ1v) is 8.84. The number of ether oxygens (including phenoxy) is 2. The smallest absolute Gasteiger partial charge is 0.407 e. The van der Waals surface area contributed by atoms with Gasteiger partial charge in [-0.15, -0.1) is 0 Å². The summed E-state index contributed by atoms with van der Waals surface area (Å²) in [6.45, 7) is 5.54. The van der Waals surface area contributed by atoms with Crippen molar-refractivity contribution < 1.29 is 14.3 Å². The van der Waals surface area contributed by atoms with E-state index in [1.807, 2.05) is 26.8 Å². The van der Waals surface area contributed by atoms with E-state index in [4.69, 9.17) is 21.1 Å². The van der Waals surface area contributed by atoms with Crippen molar-refractivity contribution >= 4 is 23.2 Å². The third-order valence-electron chi connectivity index (χ3n) is 3.95. The molecule has 2 aromatic rings. The fourth-order valence-corrected chi connectivity index (χ4v) is 3.14. The zero-order valence-corrected chi connectivity index (χ0v) is 15.4. The molecule has 1 saturated carbocycles. The highest BCUT2D eigenvalue weighted by atomic mass is 35.5. The Morgan fingerprint density at radius 3 is 2.96 bits per heavy atom. The van der Waals surface area contributed by atoms with Crippen LogP contribution in [0.3, 0.4) is 0 Å². The summed E-state index contributed by atoms with van der Waals surface area (Å²) in [7, 11) is 0. The van der Waals surface area contributed by atoms with Crippen LogP contribution in [0.4, 0.5) is 4.79 Å². The van der Waals surface area contributed by atoms with Crippen molar-refractivity contribution in [3.8, 4) is 5.88 Å². The number of nitrogens with one attached hydrogen (secondary N) is 1. The van der Waals surface area contributed by atoms with E-state index < -0.39 is 11.7 Å². The molecule has 2 atom stereocenters. The van der Waals surface area contributed by atoms with Gasteiger partial charge in [-0.25, -0.2) is 9.31 Å². The van der Waals surface area contributed by atoms with Crippen molar-refractivity contribution in [1.29, 1.82) is 0 Å². The van der Waals surface area contributed by atoms with Crippen LogP contribution in [0.5, 0.6) is 5.88 Å². The Morgan fingerprint density at radius 2 is 2.20 bits per heavy atom. The minimum atomic E-state index is -0.507. The maximum atomic E-state index is 12.0. The molecule has 0 aromatic carbocycles. The Bertz CT molecular complexity index is 756. The molecule has 2 aromatic heterocycles. The second-order valence-corrected chi connectivity index (χ2v) is 7.67. The molecule has 1 fully saturated rings. The Kier molecular flexibility index (Phi) is 5.03. The van der Waals surface area contributed by atoms with Gasteiger partial charge in [0, 0.05) is 12.5 Å². The van der Waals surface area contributed by atoms with Gasteiger partial charge in [0.1, 0.15) is 17.2 Å². The molecule has 0 aliphatic heterocycles. The first-order valence-electron chi connectivity index (χ1n) is 8.46. The van der Waals surface area contributed by atoms with Gasteiger partial charge in [-0.2, -0.15) is 10.1 Å². The number of nitrogens with zero attached hydrogens (tertiary/aromatic N) is 3. The lowest BCUT2D eigenvalue weighted by molar-refractivity contribution is 0.0462. The number of fused-ring (bicyclic) bond motifs is 1. The van der Waals surface area contributed by atoms with E-state index in [9.17, 15) is 4.79 Å². The molecule has 0 radical (unpaired) electrons. The molecule has 25 heavy (non-hydrogen) atoms. The maximum Gasteiger partial charge on any atom is 0.407 e. The number of amides is 1. The number of halogens is 1. The van der Waals surface area contributed by atoms with Crippen LogP contribution < -0.4 is 10.1 Å². The zero-order valence-electron chi connectivity index (χ0n) is 14.7. The highest BCUT2D eigenvalue weighted by Crippen LogP contribution is 2.27. The number of hydrogen-bond acceptors (Lipinski definition) is 5. The molecule has 1 N–H and O–H groups in total. The van der Waals surface area contributed by atoms with Gasteiger partial charge in [0.25, 0.3) is 0 Å². The van der Waals surface area contributed by atoms with Crippen LogP contribution in [0.25, 0.3) is 5.52 Å². The number of hydrogen-bond donors (Lipinski definition) is 1. The van der Waals surface area contributed by atoms with Crippen LogP contribution in [0.15, 0.2) is 18.5 Å². The van der Waals surface area contributed by atoms with Gasteiger partial charge in [0.15, 0.2) is 5.15 Å². The molecule has 1 amide bonds. The zero-order chi connectivity index (χ0) is 18.0. The Labute approximate surface area is 151 Å². The van der Waals surface area contributed by atoms with Crippen molar-refractivity contribution in [2.75, 3.05) is 0 Å². The monoisotopic (exact) mass is 366 g/mol. The van der Waals surface area contributed by atoms with Gasteiger partial charge in [0.05, 0.1) is 12.4 Å². The number of carbonyl (C=O) groups excluding carboxylic acids is 1. The van der Waals surface area contributed by atoms with Crippen molar-refractivity contribution in [2.24, 2.45) is 0 Å². The molecule has 7 nitrogen and oxygen atoms in total. The molecule has 0 unspecified atom stereocenters. The van der Waals surface area contributed by atoms with Crippen LogP contribution in [0, 0.1) is 0 Å². The van der Waals surface area contributed by atoms with Crippen LogP contribution in [-0.4, -0.2) is 38.4 Å². The average Bonchev–Trinajstić information content (AvgIpc) is 2.93. The lowest BCUT2D eigenvalue weighted by atomic mass is 9.93. The van der Waals surface area contributed by atoms with Gasteiger partial charge in [-0.1, -0.05) is 11.6 Å². The summed E-state index contributed by atoms with van der Waals surface area (Å²) in [4.78, 5) is 16.2. The minimum Gasteiger partial charge on any atom is -0.473 e. The first kappa shape index (κ1) is 17.8. The van der Waals surface area contributed by atoms with Gasteiger partial charge < -0.3 is 14.8 Å². The molecule has 0 bridgehead atoms. The maximum absolute atomic E-state index is 12.0. The Morgan fingerprint density at radius 1 is 1.40 bits per heavy atom. The highest BCUT2D eigenvalue weighted by Gasteiger charge is 2.27. The molecular weight excluding hydrogens is 344 g/mol. The van der Waals surface area contributed by atoms with Crippen molar-refractivity contribution in [3.05, 3.63) is 23.6 Å². The van der Waals surface area contributed by atoms with E-state index in [1.165, 1.54) is 0 Å². The van der Waals surface area contributed by atoms with Crippen LogP contribution in [-0.2, 0) is 4.74 Å². The SMILES string of the molecule is CC(C)(C)OC(=O)N[C@H]1CCC[C@@H](Oc2nc(Cl)cn3nccc23)C1. The van der Waals surface area contributed by atoms with Gasteiger partial charge in [-0.3, -0.25) is 0 Å². The third kappa shape index (κ3) is 4.75. The van der Waals surface area contributed by atoms with E-state index in [2.05, 4.69) is 15.4 Å². The summed E-state index contributed by atoms with van der Waals surface area (Å²) in [5.74, 6) is 0.466. The standard InChI is InChI=1S/C17H23ClN4O3/c1-17(2,3)25-16(23)20-11-5-4-6-12(9-11)24-15-13-7-8-19-22(13)10-14(18)21-15/h7-8,10-12H,4-6,9H2,1-3H3,(H,20,23)/t11-,12+/m0/s1. The largest absolute Gasteiger partial charge is 0.473 e. The van der Waals surface area contributed by atoms with Crippen molar-refractivity contribution in [1.82, 2.24) is 19.9 Å². The van der Waals surface area contributed by atoms with Crippen LogP contribution in [0.2, 0.25) is 5.15 Å². The summed E-state index contributed by atoms with van der Waals surface area (Å²) in [6, 6.07) is 1.85. The molecule has 2 heterocycles. The summed E-state index contributed by atoms with van der Waals surface area (Å²) in [5, 5.41) is 7.41. The van der Waals surface area contributed by atoms with Crippen LogP contribution >= 0.6 is 11.6 Å². The topological polar surface area (TPSA) is 77.8 Å². The predicted octanol–water partition coefficient (Wildman–Crippen LogP) is 3.60. The Balaban J connectivity index is 1.63. The highest BCUT2D eigenvalue weighted by molar-refractivity contribution is 6.29. The molecule has 3 rings (SSSR count). The van der Waals surface area contributed by atoms with E-state index in [-0.39, 0.29) is 12.1 Å². The summed E-state index contributed by atoms with van der Waals surface area (Å²) >= 11 is 6.03. The van der Waals surface area contributed by atoms with E-state index in [0.717, 1.165) is 24.8 Å². The number of carbonyl (C=O) groups is 1. The number of rotatable bonds is 3. The van der Waals surface area contributed by atoms with Gasteiger partial charge in [-0.05, 0) is 46.1 Å². The summed E-state index contributed by atoms with van der Waals surface area (Å²) < 4.78 is 13.0. The van der Waals surface area contributed by atoms with E-state index >= 15 is 0 Å².